The lowest BCUT2D eigenvalue weighted by atomic mass is 10.2. The van der Waals surface area contributed by atoms with Crippen molar-refractivity contribution < 1.29 is 14.3 Å². The maximum Gasteiger partial charge on any atom is 0.276 e. The first kappa shape index (κ1) is 28.6. The lowest BCUT2D eigenvalue weighted by molar-refractivity contribution is 0.0985. The highest BCUT2D eigenvalue weighted by Crippen LogP contribution is 2.23. The number of ether oxygens (including phenoxy) is 1. The van der Waals surface area contributed by atoms with E-state index in [1.54, 1.807) is 6.07 Å². The zero-order chi connectivity index (χ0) is 26.5. The summed E-state index contributed by atoms with van der Waals surface area (Å²) in [5, 5.41) is 8.87. The number of fused-ring (bicyclic) bond motifs is 1. The molecule has 5 rings (SSSR count). The zero-order valence-electron chi connectivity index (χ0n) is 21.3. The van der Waals surface area contributed by atoms with E-state index in [1.807, 2.05) is 37.3 Å². The number of hydrogen-bond acceptors (Lipinski definition) is 7. The molecule has 0 atom stereocenters. The Bertz CT molecular complexity index is 1450. The van der Waals surface area contributed by atoms with Crippen molar-refractivity contribution in [2.75, 3.05) is 50.0 Å². The molecule has 5 N–H and O–H groups in total. The molecule has 0 aliphatic carbocycles. The highest BCUT2D eigenvalue weighted by molar-refractivity contribution is 9.10. The fourth-order valence-corrected chi connectivity index (χ4v) is 4.63. The van der Waals surface area contributed by atoms with Gasteiger partial charge in [0, 0.05) is 49.0 Å². The summed E-state index contributed by atoms with van der Waals surface area (Å²) in [5.74, 6) is -0.0646. The molecule has 1 saturated heterocycles. The summed E-state index contributed by atoms with van der Waals surface area (Å²) in [7, 11) is 0. The number of imidazole rings is 2. The fraction of sp³-hybridized carbons (Fsp3) is 0.308. The number of aromatic amines is 2. The van der Waals surface area contributed by atoms with Crippen molar-refractivity contribution in [2.24, 2.45) is 0 Å². The molecule has 1 aliphatic heterocycles. The maximum atomic E-state index is 13.0. The van der Waals surface area contributed by atoms with E-state index in [0.29, 0.717) is 17.8 Å². The van der Waals surface area contributed by atoms with E-state index in [0.717, 1.165) is 60.4 Å². The average Bonchev–Trinajstić information content (AvgIpc) is 3.56. The van der Waals surface area contributed by atoms with Crippen molar-refractivity contribution in [3.05, 3.63) is 64.1 Å². The van der Waals surface area contributed by atoms with Gasteiger partial charge in [-0.15, -0.1) is 12.4 Å². The van der Waals surface area contributed by atoms with Crippen LogP contribution in [0.15, 0.2) is 47.2 Å². The van der Waals surface area contributed by atoms with Crippen molar-refractivity contribution in [1.29, 1.82) is 0 Å². The number of aromatic nitrogens is 4. The molecule has 3 heterocycles. The summed E-state index contributed by atoms with van der Waals surface area (Å²) in [6.45, 7) is 7.73. The van der Waals surface area contributed by atoms with Crippen molar-refractivity contribution in [2.45, 2.75) is 13.3 Å². The number of nitrogens with zero attached hydrogens (tertiary/aromatic N) is 3. The minimum atomic E-state index is -0.540. The van der Waals surface area contributed by atoms with Crippen LogP contribution in [0.3, 0.4) is 0 Å². The molecule has 4 aromatic rings. The van der Waals surface area contributed by atoms with Crippen LogP contribution >= 0.6 is 28.3 Å². The topological polar surface area (TPSA) is 140 Å². The molecule has 11 nitrogen and oxygen atoms in total. The Hall–Kier alpha value is -3.45. The number of nitrogens with one attached hydrogen (secondary N) is 5. The smallest absolute Gasteiger partial charge is 0.276 e. The van der Waals surface area contributed by atoms with Gasteiger partial charge in [-0.25, -0.2) is 9.97 Å². The number of piperazine rings is 1. The van der Waals surface area contributed by atoms with Gasteiger partial charge < -0.3 is 30.2 Å². The molecule has 0 radical (unpaired) electrons. The van der Waals surface area contributed by atoms with E-state index in [2.05, 4.69) is 56.7 Å². The number of H-pyrrole nitrogens is 2. The monoisotopic (exact) mass is 616 g/mol. The molecule has 2 amide bonds. The SMILES string of the molecule is Cc1ccc(Br)cc1NC(=O)c1nc[nH]c1C(=O)Nc1nc2cc(OCCCN3CCNCC3)ccc2[nH]1.Cl. The highest BCUT2D eigenvalue weighted by atomic mass is 79.9. The minimum absolute atomic E-state index is 0. The lowest BCUT2D eigenvalue weighted by Gasteiger charge is -2.26. The van der Waals surface area contributed by atoms with Crippen LogP contribution in [0.2, 0.25) is 0 Å². The van der Waals surface area contributed by atoms with E-state index in [9.17, 15) is 9.59 Å². The number of halogens is 2. The fourth-order valence-electron chi connectivity index (χ4n) is 4.27. The molecule has 0 saturated carbocycles. The predicted molar refractivity (Wildman–Crippen MR) is 156 cm³/mol. The first-order valence-corrected chi connectivity index (χ1v) is 13.2. The molecule has 1 fully saturated rings. The van der Waals surface area contributed by atoms with Gasteiger partial charge in [0.25, 0.3) is 11.8 Å². The normalized spacial score (nSPS) is 13.6. The first-order valence-electron chi connectivity index (χ1n) is 12.4. The van der Waals surface area contributed by atoms with E-state index in [-0.39, 0.29) is 29.7 Å². The van der Waals surface area contributed by atoms with Gasteiger partial charge in [-0.1, -0.05) is 22.0 Å². The number of anilines is 2. The summed E-state index contributed by atoms with van der Waals surface area (Å²) in [5.41, 5.74) is 2.93. The Kier molecular flexibility index (Phi) is 9.57. The third kappa shape index (κ3) is 7.15. The predicted octanol–water partition coefficient (Wildman–Crippen LogP) is 3.96. The summed E-state index contributed by atoms with van der Waals surface area (Å²) in [4.78, 5) is 42.6. The first-order chi connectivity index (χ1) is 18.5. The number of aryl methyl sites for hydroxylation is 1. The van der Waals surface area contributed by atoms with Gasteiger partial charge in [0.05, 0.1) is 24.0 Å². The minimum Gasteiger partial charge on any atom is -0.493 e. The van der Waals surface area contributed by atoms with Crippen LogP contribution in [0, 0.1) is 6.92 Å². The Balaban J connectivity index is 0.00000353. The highest BCUT2D eigenvalue weighted by Gasteiger charge is 2.22. The van der Waals surface area contributed by atoms with Crippen LogP contribution < -0.4 is 20.7 Å². The lowest BCUT2D eigenvalue weighted by Crippen LogP contribution is -2.43. The molecular formula is C26H30BrClN8O3. The number of benzene rings is 2. The van der Waals surface area contributed by atoms with E-state index in [4.69, 9.17) is 4.74 Å². The Labute approximate surface area is 240 Å². The quantitative estimate of drug-likeness (QED) is 0.179. The number of rotatable bonds is 9. The second-order valence-electron chi connectivity index (χ2n) is 9.05. The average molecular weight is 618 g/mol. The van der Waals surface area contributed by atoms with E-state index < -0.39 is 11.8 Å². The van der Waals surface area contributed by atoms with Gasteiger partial charge in [0.2, 0.25) is 5.95 Å². The molecule has 0 spiro atoms. The summed E-state index contributed by atoms with van der Waals surface area (Å²) >= 11 is 3.40. The molecule has 0 bridgehead atoms. The van der Waals surface area contributed by atoms with Crippen LogP contribution in [-0.4, -0.2) is 76.0 Å². The summed E-state index contributed by atoms with van der Waals surface area (Å²) < 4.78 is 6.74. The van der Waals surface area contributed by atoms with Gasteiger partial charge in [0.1, 0.15) is 11.4 Å². The van der Waals surface area contributed by atoms with Crippen LogP contribution in [0.5, 0.6) is 5.75 Å². The summed E-state index contributed by atoms with van der Waals surface area (Å²) in [6, 6.07) is 11.1. The van der Waals surface area contributed by atoms with Gasteiger partial charge in [-0.3, -0.25) is 14.9 Å². The molecule has 13 heteroatoms. The zero-order valence-corrected chi connectivity index (χ0v) is 23.7. The van der Waals surface area contributed by atoms with Gasteiger partial charge in [0.15, 0.2) is 5.69 Å². The number of amides is 2. The van der Waals surface area contributed by atoms with Crippen molar-refractivity contribution in [3.8, 4) is 5.75 Å². The van der Waals surface area contributed by atoms with E-state index in [1.165, 1.54) is 6.33 Å². The third-order valence-electron chi connectivity index (χ3n) is 6.31. The van der Waals surface area contributed by atoms with Crippen molar-refractivity contribution in [3.63, 3.8) is 0 Å². The van der Waals surface area contributed by atoms with E-state index >= 15 is 0 Å². The molecule has 2 aromatic carbocycles. The number of hydrogen-bond donors (Lipinski definition) is 5. The molecule has 39 heavy (non-hydrogen) atoms. The van der Waals surface area contributed by atoms with Crippen LogP contribution in [0.1, 0.15) is 33.0 Å². The number of carbonyl (C=O) groups is 2. The molecule has 206 valence electrons. The molecular weight excluding hydrogens is 588 g/mol. The summed E-state index contributed by atoms with van der Waals surface area (Å²) in [6.07, 6.45) is 2.25. The Morgan fingerprint density at radius 3 is 2.74 bits per heavy atom. The maximum absolute atomic E-state index is 13.0. The second-order valence-corrected chi connectivity index (χ2v) is 9.97. The van der Waals surface area contributed by atoms with Crippen molar-refractivity contribution in [1.82, 2.24) is 30.2 Å². The largest absolute Gasteiger partial charge is 0.493 e. The van der Waals surface area contributed by atoms with Gasteiger partial charge >= 0.3 is 0 Å². The van der Waals surface area contributed by atoms with Gasteiger partial charge in [-0.05, 0) is 43.2 Å². The van der Waals surface area contributed by atoms with Crippen LogP contribution in [-0.2, 0) is 0 Å². The number of carbonyl (C=O) groups excluding carboxylic acids is 2. The molecule has 0 unspecified atom stereocenters. The van der Waals surface area contributed by atoms with Crippen molar-refractivity contribution >= 4 is 62.8 Å². The third-order valence-corrected chi connectivity index (χ3v) is 6.81. The molecule has 1 aliphatic rings. The van der Waals surface area contributed by atoms with Gasteiger partial charge in [-0.2, -0.15) is 0 Å². The Morgan fingerprint density at radius 2 is 1.92 bits per heavy atom. The Morgan fingerprint density at radius 1 is 1.10 bits per heavy atom. The second kappa shape index (κ2) is 13.1. The van der Waals surface area contributed by atoms with Crippen LogP contribution in [0.4, 0.5) is 11.6 Å². The van der Waals surface area contributed by atoms with Crippen LogP contribution in [0.25, 0.3) is 11.0 Å². The standard InChI is InChI=1S/C26H29BrN8O3.ClH/c1-16-3-4-17(27)13-20(16)31-24(36)22-23(30-15-29-22)25(37)34-26-32-19-6-5-18(14-21(19)33-26)38-12-2-9-35-10-7-28-8-11-35;/h3-6,13-15,28H,2,7-12H2,1H3,(H,29,30)(H,31,36)(H2,32,33,34,37);1H. The molecule has 2 aromatic heterocycles.